The second-order valence-electron chi connectivity index (χ2n) is 6.28. The van der Waals surface area contributed by atoms with E-state index in [9.17, 15) is 0 Å². The van der Waals surface area contributed by atoms with E-state index in [1.54, 1.807) is 11.3 Å². The van der Waals surface area contributed by atoms with Crippen molar-refractivity contribution in [2.24, 2.45) is 0 Å². The van der Waals surface area contributed by atoms with Gasteiger partial charge in [-0.15, -0.1) is 11.3 Å². The number of fused-ring (bicyclic) bond motifs is 5. The van der Waals surface area contributed by atoms with E-state index in [2.05, 4.69) is 60.6 Å². The van der Waals surface area contributed by atoms with Crippen LogP contribution in [0.2, 0.25) is 0 Å². The third-order valence-corrected chi connectivity index (χ3v) is 5.39. The fraction of sp³-hybridized carbons (Fsp3) is 0.0952. The van der Waals surface area contributed by atoms with E-state index in [1.807, 2.05) is 12.3 Å². The monoisotopic (exact) mass is 329 g/mol. The summed E-state index contributed by atoms with van der Waals surface area (Å²) in [7, 11) is 0. The molecule has 24 heavy (non-hydrogen) atoms. The highest BCUT2D eigenvalue weighted by molar-refractivity contribution is 7.17. The van der Waals surface area contributed by atoms with Gasteiger partial charge < -0.3 is 4.42 Å². The van der Waals surface area contributed by atoms with Gasteiger partial charge >= 0.3 is 0 Å². The molecule has 0 amide bonds. The van der Waals surface area contributed by atoms with Gasteiger partial charge in [0.2, 0.25) is 0 Å². The van der Waals surface area contributed by atoms with Gasteiger partial charge in [0.1, 0.15) is 11.2 Å². The molecule has 5 rings (SSSR count). The average molecular weight is 329 g/mol. The van der Waals surface area contributed by atoms with Crippen molar-refractivity contribution in [3.05, 3.63) is 65.2 Å². The molecule has 0 fully saturated rings. The Kier molecular flexibility index (Phi) is 2.82. The third kappa shape index (κ3) is 1.91. The molecule has 0 saturated carbocycles. The standard InChI is InChI=1S/C21H15NOS/c1-12-5-7-22-18(11-12)17-10-13(2)9-16-14-3-4-19-15(6-8-24-19)20(14)23-21(16)17/h3-11H,1-2H3. The van der Waals surface area contributed by atoms with Gasteiger partial charge in [0.15, 0.2) is 0 Å². The van der Waals surface area contributed by atoms with Gasteiger partial charge in [-0.05, 0) is 72.8 Å². The van der Waals surface area contributed by atoms with Gasteiger partial charge in [-0.25, -0.2) is 0 Å². The predicted molar refractivity (Wildman–Crippen MR) is 102 cm³/mol. The predicted octanol–water partition coefficient (Wildman–Crippen LogP) is 6.48. The van der Waals surface area contributed by atoms with Crippen molar-refractivity contribution in [3.8, 4) is 11.3 Å². The van der Waals surface area contributed by atoms with Crippen LogP contribution in [0, 0.1) is 13.8 Å². The highest BCUT2D eigenvalue weighted by Crippen LogP contribution is 2.40. The number of hydrogen-bond donors (Lipinski definition) is 0. The first kappa shape index (κ1) is 13.8. The van der Waals surface area contributed by atoms with Gasteiger partial charge in [-0.1, -0.05) is 0 Å². The van der Waals surface area contributed by atoms with Crippen molar-refractivity contribution in [2.45, 2.75) is 13.8 Å². The van der Waals surface area contributed by atoms with Gasteiger partial charge in [0.25, 0.3) is 0 Å². The van der Waals surface area contributed by atoms with E-state index in [-0.39, 0.29) is 0 Å². The SMILES string of the molecule is Cc1ccnc(-c2cc(C)cc3c2oc2c4ccsc4ccc32)c1. The van der Waals surface area contributed by atoms with E-state index >= 15 is 0 Å². The lowest BCUT2D eigenvalue weighted by Gasteiger charge is -2.04. The zero-order valence-corrected chi connectivity index (χ0v) is 14.3. The molecule has 0 N–H and O–H groups in total. The van der Waals surface area contributed by atoms with Crippen molar-refractivity contribution in [1.29, 1.82) is 0 Å². The molecule has 0 aliphatic rings. The number of aromatic nitrogens is 1. The number of pyridine rings is 1. The first-order chi connectivity index (χ1) is 11.7. The Bertz CT molecular complexity index is 1230. The highest BCUT2D eigenvalue weighted by atomic mass is 32.1. The molecule has 0 atom stereocenters. The zero-order valence-electron chi connectivity index (χ0n) is 13.5. The smallest absolute Gasteiger partial charge is 0.144 e. The zero-order chi connectivity index (χ0) is 16.3. The van der Waals surface area contributed by atoms with Gasteiger partial charge in [0, 0.05) is 32.6 Å². The van der Waals surface area contributed by atoms with E-state index in [0.717, 1.165) is 27.8 Å². The molecule has 0 aliphatic carbocycles. The Morgan fingerprint density at radius 3 is 2.62 bits per heavy atom. The molecule has 3 aromatic heterocycles. The molecule has 3 heteroatoms. The lowest BCUT2D eigenvalue weighted by molar-refractivity contribution is 0.673. The molecule has 5 aromatic rings. The molecule has 2 nitrogen and oxygen atoms in total. The fourth-order valence-electron chi connectivity index (χ4n) is 3.40. The highest BCUT2D eigenvalue weighted by Gasteiger charge is 2.16. The first-order valence-electron chi connectivity index (χ1n) is 7.97. The second-order valence-corrected chi connectivity index (χ2v) is 7.23. The summed E-state index contributed by atoms with van der Waals surface area (Å²) in [6.07, 6.45) is 1.86. The van der Waals surface area contributed by atoms with E-state index in [1.165, 1.54) is 26.6 Å². The van der Waals surface area contributed by atoms with Crippen LogP contribution in [-0.2, 0) is 0 Å². The number of furan rings is 1. The summed E-state index contributed by atoms with van der Waals surface area (Å²) in [4.78, 5) is 4.57. The number of hydrogen-bond acceptors (Lipinski definition) is 3. The largest absolute Gasteiger partial charge is 0.455 e. The Balaban J connectivity index is 1.95. The average Bonchev–Trinajstić information content (AvgIpc) is 3.17. The number of nitrogens with zero attached hydrogens (tertiary/aromatic N) is 1. The molecule has 0 saturated heterocycles. The molecule has 0 unspecified atom stereocenters. The summed E-state index contributed by atoms with van der Waals surface area (Å²) in [5, 5.41) is 5.64. The first-order valence-corrected chi connectivity index (χ1v) is 8.85. The van der Waals surface area contributed by atoms with Crippen LogP contribution in [0.3, 0.4) is 0 Å². The molecule has 116 valence electrons. The maximum absolute atomic E-state index is 6.37. The third-order valence-electron chi connectivity index (χ3n) is 4.50. The van der Waals surface area contributed by atoms with Gasteiger partial charge in [0.05, 0.1) is 5.69 Å². The number of thiophene rings is 1. The summed E-state index contributed by atoms with van der Waals surface area (Å²) >= 11 is 1.75. The van der Waals surface area contributed by atoms with Crippen LogP contribution in [0.25, 0.3) is 43.3 Å². The van der Waals surface area contributed by atoms with E-state index < -0.39 is 0 Å². The van der Waals surface area contributed by atoms with Crippen molar-refractivity contribution < 1.29 is 4.42 Å². The number of benzene rings is 2. The van der Waals surface area contributed by atoms with Crippen molar-refractivity contribution in [3.63, 3.8) is 0 Å². The Morgan fingerprint density at radius 2 is 1.75 bits per heavy atom. The molecule has 0 spiro atoms. The Labute approximate surface area is 143 Å². The van der Waals surface area contributed by atoms with E-state index in [0.29, 0.717) is 0 Å². The van der Waals surface area contributed by atoms with Crippen LogP contribution in [0.15, 0.2) is 58.5 Å². The summed E-state index contributed by atoms with van der Waals surface area (Å²) in [6.45, 7) is 4.21. The van der Waals surface area contributed by atoms with Crippen LogP contribution in [-0.4, -0.2) is 4.98 Å². The minimum atomic E-state index is 0.924. The fourth-order valence-corrected chi connectivity index (χ4v) is 4.18. The summed E-state index contributed by atoms with van der Waals surface area (Å²) in [5.41, 5.74) is 6.34. The molecule has 0 bridgehead atoms. The maximum Gasteiger partial charge on any atom is 0.144 e. The molecule has 0 radical (unpaired) electrons. The van der Waals surface area contributed by atoms with Crippen LogP contribution in [0.4, 0.5) is 0 Å². The lowest BCUT2D eigenvalue weighted by Crippen LogP contribution is -1.86. The van der Waals surface area contributed by atoms with E-state index in [4.69, 9.17) is 4.42 Å². The molecule has 3 heterocycles. The van der Waals surface area contributed by atoms with Crippen molar-refractivity contribution in [1.82, 2.24) is 4.98 Å². The minimum absolute atomic E-state index is 0.924. The molecule has 0 aliphatic heterocycles. The minimum Gasteiger partial charge on any atom is -0.455 e. The van der Waals surface area contributed by atoms with Crippen LogP contribution < -0.4 is 0 Å². The molecular formula is C21H15NOS. The lowest BCUT2D eigenvalue weighted by atomic mass is 10.0. The van der Waals surface area contributed by atoms with Crippen LogP contribution >= 0.6 is 11.3 Å². The number of aryl methyl sites for hydroxylation is 2. The summed E-state index contributed by atoms with van der Waals surface area (Å²) in [5.74, 6) is 0. The molecular weight excluding hydrogens is 314 g/mol. The van der Waals surface area contributed by atoms with Gasteiger partial charge in [-0.2, -0.15) is 0 Å². The van der Waals surface area contributed by atoms with Gasteiger partial charge in [-0.3, -0.25) is 4.98 Å². The summed E-state index contributed by atoms with van der Waals surface area (Å²) in [6, 6.07) is 15.0. The Morgan fingerprint density at radius 1 is 0.833 bits per heavy atom. The number of rotatable bonds is 1. The quantitative estimate of drug-likeness (QED) is 0.352. The topological polar surface area (TPSA) is 26.0 Å². The molecule has 2 aromatic carbocycles. The van der Waals surface area contributed by atoms with Crippen molar-refractivity contribution in [2.75, 3.05) is 0 Å². The normalized spacial score (nSPS) is 11.8. The second kappa shape index (κ2) is 4.92. The van der Waals surface area contributed by atoms with Crippen LogP contribution in [0.1, 0.15) is 11.1 Å². The Hall–Kier alpha value is -2.65. The maximum atomic E-state index is 6.37. The van der Waals surface area contributed by atoms with Crippen LogP contribution in [0.5, 0.6) is 0 Å². The summed E-state index contributed by atoms with van der Waals surface area (Å²) < 4.78 is 7.63. The van der Waals surface area contributed by atoms with Crippen molar-refractivity contribution >= 4 is 43.4 Å².